The van der Waals surface area contributed by atoms with Gasteiger partial charge in [0.05, 0.1) is 11.7 Å². The van der Waals surface area contributed by atoms with Gasteiger partial charge in [-0.3, -0.25) is 10.8 Å². The van der Waals surface area contributed by atoms with Crippen molar-refractivity contribution in [1.29, 1.82) is 10.8 Å². The minimum atomic E-state index is 0. The molecule has 0 bridgehead atoms. The molecule has 4 nitrogen and oxygen atoms in total. The highest BCUT2D eigenvalue weighted by Gasteiger charge is 1.90. The molecule has 0 aliphatic carbocycles. The molecule has 0 unspecified atom stereocenters. The Labute approximate surface area is 72.2 Å². The van der Waals surface area contributed by atoms with Gasteiger partial charge in [0.2, 0.25) is 0 Å². The first-order chi connectivity index (χ1) is 3.63. The van der Waals surface area contributed by atoms with E-state index in [0.29, 0.717) is 12.8 Å². The second kappa shape index (κ2) is 8.52. The Balaban J connectivity index is -0.000000245. The van der Waals surface area contributed by atoms with Crippen LogP contribution in [0.3, 0.4) is 0 Å². The van der Waals surface area contributed by atoms with Crippen LogP contribution < -0.4 is 11.5 Å². The number of hydrogen-bond acceptors (Lipinski definition) is 2. The zero-order chi connectivity index (χ0) is 6.57. The smallest absolute Gasteiger partial charge is 0.0909 e. The molecule has 0 spiro atoms. The number of rotatable bonds is 3. The molecule has 0 aliphatic rings. The average molecular weight is 187 g/mol. The fourth-order valence-corrected chi connectivity index (χ4v) is 0.269. The van der Waals surface area contributed by atoms with Gasteiger partial charge in [-0.15, -0.1) is 24.8 Å². The molecule has 0 heterocycles. The first kappa shape index (κ1) is 16.3. The number of nitrogens with one attached hydrogen (secondary N) is 2. The Kier molecular flexibility index (Phi) is 13.9. The van der Waals surface area contributed by atoms with Gasteiger partial charge in [0.25, 0.3) is 0 Å². The average Bonchev–Trinajstić information content (AvgIpc) is 1.61. The quantitative estimate of drug-likeness (QED) is 0.381. The summed E-state index contributed by atoms with van der Waals surface area (Å²) in [5.41, 5.74) is 9.94. The number of hydrogen-bond donors (Lipinski definition) is 4. The summed E-state index contributed by atoms with van der Waals surface area (Å²) in [5, 5.41) is 13.4. The molecule has 0 saturated carbocycles. The predicted octanol–water partition coefficient (Wildman–Crippen LogP) is 0.482. The van der Waals surface area contributed by atoms with Crippen LogP contribution in [0.4, 0.5) is 0 Å². The third-order valence-corrected chi connectivity index (χ3v) is 0.664. The predicted molar refractivity (Wildman–Crippen MR) is 47.6 cm³/mol. The van der Waals surface area contributed by atoms with Crippen LogP contribution in [0.25, 0.3) is 0 Å². The third kappa shape index (κ3) is 15.6. The SMILES string of the molecule is Cl.Cl.N=C(N)CCC(=N)N. The normalized spacial score (nSPS) is 6.80. The van der Waals surface area contributed by atoms with Crippen LogP contribution >= 0.6 is 24.8 Å². The second-order valence-electron chi connectivity index (χ2n) is 1.55. The molecule has 0 atom stereocenters. The Bertz CT molecular complexity index is 99.8. The van der Waals surface area contributed by atoms with Crippen molar-refractivity contribution in [1.82, 2.24) is 0 Å². The molecule has 10 heavy (non-hydrogen) atoms. The maximum absolute atomic E-state index is 6.71. The molecular formula is C4H12Cl2N4. The van der Waals surface area contributed by atoms with Gasteiger partial charge in [0, 0.05) is 12.8 Å². The van der Waals surface area contributed by atoms with Crippen LogP contribution in [0.15, 0.2) is 0 Å². The molecule has 6 heteroatoms. The summed E-state index contributed by atoms with van der Waals surface area (Å²) in [6.07, 6.45) is 0.796. The first-order valence-corrected chi connectivity index (χ1v) is 2.28. The Morgan fingerprint density at radius 3 is 1.20 bits per heavy atom. The molecule has 0 aromatic rings. The number of amidine groups is 2. The lowest BCUT2D eigenvalue weighted by atomic mass is 10.3. The van der Waals surface area contributed by atoms with Crippen LogP contribution in [0, 0.1) is 10.8 Å². The third-order valence-electron chi connectivity index (χ3n) is 0.664. The van der Waals surface area contributed by atoms with Crippen molar-refractivity contribution >= 4 is 36.5 Å². The van der Waals surface area contributed by atoms with E-state index in [1.807, 2.05) is 0 Å². The second-order valence-corrected chi connectivity index (χ2v) is 1.55. The summed E-state index contributed by atoms with van der Waals surface area (Å²) in [6, 6.07) is 0. The van der Waals surface area contributed by atoms with Gasteiger partial charge in [0.1, 0.15) is 0 Å². The number of nitrogens with two attached hydrogens (primary N) is 2. The maximum atomic E-state index is 6.71. The summed E-state index contributed by atoms with van der Waals surface area (Å²) in [6.45, 7) is 0. The Morgan fingerprint density at radius 2 is 1.10 bits per heavy atom. The van der Waals surface area contributed by atoms with E-state index in [1.54, 1.807) is 0 Å². The largest absolute Gasteiger partial charge is 0.388 e. The molecule has 0 saturated heterocycles. The lowest BCUT2D eigenvalue weighted by Crippen LogP contribution is -2.15. The lowest BCUT2D eigenvalue weighted by molar-refractivity contribution is 1.08. The fourth-order valence-electron chi connectivity index (χ4n) is 0.269. The van der Waals surface area contributed by atoms with Gasteiger partial charge in [-0.2, -0.15) is 0 Å². The summed E-state index contributed by atoms with van der Waals surface area (Å²) in [4.78, 5) is 0. The summed E-state index contributed by atoms with van der Waals surface area (Å²) < 4.78 is 0. The summed E-state index contributed by atoms with van der Waals surface area (Å²) in [7, 11) is 0. The standard InChI is InChI=1S/C4H10N4.2ClH/c5-3(6)1-2-4(7)8;;/h1-2H2,(H3,5,6)(H3,7,8);2*1H. The van der Waals surface area contributed by atoms with Crippen molar-refractivity contribution < 1.29 is 0 Å². The zero-order valence-corrected chi connectivity index (χ0v) is 7.02. The van der Waals surface area contributed by atoms with Crippen LogP contribution in [0.1, 0.15) is 12.8 Å². The van der Waals surface area contributed by atoms with Gasteiger partial charge in [-0.1, -0.05) is 0 Å². The van der Waals surface area contributed by atoms with E-state index in [-0.39, 0.29) is 36.5 Å². The van der Waals surface area contributed by atoms with Gasteiger partial charge in [0.15, 0.2) is 0 Å². The minimum absolute atomic E-state index is 0. The molecule has 0 aromatic carbocycles. The van der Waals surface area contributed by atoms with E-state index >= 15 is 0 Å². The molecule has 0 amide bonds. The van der Waals surface area contributed by atoms with Crippen molar-refractivity contribution in [3.63, 3.8) is 0 Å². The van der Waals surface area contributed by atoms with E-state index in [4.69, 9.17) is 22.3 Å². The first-order valence-electron chi connectivity index (χ1n) is 2.28. The Hall–Kier alpha value is -0.480. The van der Waals surface area contributed by atoms with Crippen molar-refractivity contribution in [2.75, 3.05) is 0 Å². The summed E-state index contributed by atoms with van der Waals surface area (Å²) in [5.74, 6) is 0.167. The van der Waals surface area contributed by atoms with E-state index in [9.17, 15) is 0 Å². The lowest BCUT2D eigenvalue weighted by Gasteiger charge is -1.93. The van der Waals surface area contributed by atoms with E-state index in [1.165, 1.54) is 0 Å². The topological polar surface area (TPSA) is 99.7 Å². The van der Waals surface area contributed by atoms with Crippen molar-refractivity contribution in [3.05, 3.63) is 0 Å². The van der Waals surface area contributed by atoms with Gasteiger partial charge in [-0.05, 0) is 0 Å². The van der Waals surface area contributed by atoms with Crippen molar-refractivity contribution in [2.24, 2.45) is 11.5 Å². The molecule has 6 N–H and O–H groups in total. The molecular weight excluding hydrogens is 175 g/mol. The molecule has 0 fully saturated rings. The minimum Gasteiger partial charge on any atom is -0.388 e. The maximum Gasteiger partial charge on any atom is 0.0909 e. The molecule has 62 valence electrons. The monoisotopic (exact) mass is 186 g/mol. The van der Waals surface area contributed by atoms with Crippen molar-refractivity contribution in [3.8, 4) is 0 Å². The highest BCUT2D eigenvalue weighted by Crippen LogP contribution is 1.83. The van der Waals surface area contributed by atoms with Crippen LogP contribution in [0.5, 0.6) is 0 Å². The van der Waals surface area contributed by atoms with Gasteiger partial charge in [-0.25, -0.2) is 0 Å². The molecule has 0 radical (unpaired) electrons. The van der Waals surface area contributed by atoms with Gasteiger partial charge < -0.3 is 11.5 Å². The van der Waals surface area contributed by atoms with E-state index in [2.05, 4.69) is 0 Å². The van der Waals surface area contributed by atoms with Crippen LogP contribution in [-0.4, -0.2) is 11.7 Å². The molecule has 0 rings (SSSR count). The highest BCUT2D eigenvalue weighted by atomic mass is 35.5. The summed E-state index contributed by atoms with van der Waals surface area (Å²) >= 11 is 0. The van der Waals surface area contributed by atoms with Crippen molar-refractivity contribution in [2.45, 2.75) is 12.8 Å². The zero-order valence-electron chi connectivity index (χ0n) is 5.39. The van der Waals surface area contributed by atoms with Gasteiger partial charge >= 0.3 is 0 Å². The van der Waals surface area contributed by atoms with Crippen LogP contribution in [-0.2, 0) is 0 Å². The number of halogens is 2. The van der Waals surface area contributed by atoms with E-state index < -0.39 is 0 Å². The fraction of sp³-hybridized carbons (Fsp3) is 0.500. The van der Waals surface area contributed by atoms with E-state index in [0.717, 1.165) is 0 Å². The van der Waals surface area contributed by atoms with Crippen LogP contribution in [0.2, 0.25) is 0 Å². The molecule has 0 aliphatic heterocycles. The molecule has 0 aromatic heterocycles. The highest BCUT2D eigenvalue weighted by molar-refractivity contribution is 5.85. The Morgan fingerprint density at radius 1 is 0.900 bits per heavy atom.